The molecule has 0 heterocycles. The third-order valence-electron chi connectivity index (χ3n) is 3.31. The summed E-state index contributed by atoms with van der Waals surface area (Å²) in [6.07, 6.45) is 1.93. The Bertz CT molecular complexity index is 551. The van der Waals surface area contributed by atoms with Crippen LogP contribution in [0.2, 0.25) is 19.6 Å². The number of methoxy groups -OCH3 is 1. The van der Waals surface area contributed by atoms with Crippen LogP contribution in [0.3, 0.4) is 0 Å². The van der Waals surface area contributed by atoms with E-state index in [-0.39, 0.29) is 11.0 Å². The molecule has 130 valence electrons. The van der Waals surface area contributed by atoms with Crippen LogP contribution in [0.4, 0.5) is 0 Å². The van der Waals surface area contributed by atoms with Crippen molar-refractivity contribution in [3.63, 3.8) is 0 Å². The number of rotatable bonds is 6. The van der Waals surface area contributed by atoms with Crippen molar-refractivity contribution in [1.82, 2.24) is 0 Å². The summed E-state index contributed by atoms with van der Waals surface area (Å²) in [5.41, 5.74) is 2.06. The van der Waals surface area contributed by atoms with E-state index >= 15 is 0 Å². The first kappa shape index (κ1) is 19.9. The molecule has 1 aromatic carbocycles. The molecule has 0 aromatic heterocycles. The van der Waals surface area contributed by atoms with Crippen molar-refractivity contribution in [3.8, 4) is 5.75 Å². The number of hydrogen-bond donors (Lipinski definition) is 0. The second-order valence-electron chi connectivity index (χ2n) is 8.69. The summed E-state index contributed by atoms with van der Waals surface area (Å²) in [5, 5.41) is 0. The summed E-state index contributed by atoms with van der Waals surface area (Å²) in [5.74, 6) is 0.983. The molecule has 0 saturated carbocycles. The molecule has 0 amide bonds. The van der Waals surface area contributed by atoms with Crippen LogP contribution in [0.1, 0.15) is 45.7 Å². The smallest absolute Gasteiger partial charge is 0.242 e. The number of aliphatic imine (C=N–C) groups is 1. The fourth-order valence-electron chi connectivity index (χ4n) is 2.30. The molecule has 0 saturated heterocycles. The molecular formula is C19H33NO2Si. The largest absolute Gasteiger partial charge is 0.544 e. The van der Waals surface area contributed by atoms with Crippen LogP contribution in [0.25, 0.3) is 0 Å². The zero-order valence-electron chi connectivity index (χ0n) is 16.3. The Hall–Kier alpha value is -1.13. The number of ether oxygens (including phenoxy) is 1. The lowest BCUT2D eigenvalue weighted by atomic mass is 9.85. The van der Waals surface area contributed by atoms with Crippen LogP contribution in [0.5, 0.6) is 5.75 Å². The monoisotopic (exact) mass is 335 g/mol. The van der Waals surface area contributed by atoms with E-state index in [1.54, 1.807) is 7.11 Å². The normalized spacial score (nSPS) is 13.6. The highest BCUT2D eigenvalue weighted by molar-refractivity contribution is 6.70. The Balaban J connectivity index is 3.34. The molecule has 1 rings (SSSR count). The Morgan fingerprint density at radius 2 is 1.70 bits per heavy atom. The van der Waals surface area contributed by atoms with E-state index in [9.17, 15) is 0 Å². The maximum atomic E-state index is 6.43. The SMILES string of the molecule is COCC(C)(C)N=Cc1cccc(C(C)(C)C)c1O[Si](C)(C)C. The Morgan fingerprint density at radius 1 is 1.09 bits per heavy atom. The summed E-state index contributed by atoms with van der Waals surface area (Å²) in [6, 6.07) is 6.33. The first-order chi connectivity index (χ1) is 10.4. The molecule has 0 N–H and O–H groups in total. The highest BCUT2D eigenvalue weighted by atomic mass is 28.4. The molecule has 0 atom stereocenters. The number of hydrogen-bond acceptors (Lipinski definition) is 3. The molecular weight excluding hydrogens is 302 g/mol. The van der Waals surface area contributed by atoms with E-state index in [0.29, 0.717) is 6.61 Å². The highest BCUT2D eigenvalue weighted by Gasteiger charge is 2.25. The molecule has 4 heteroatoms. The molecule has 0 aliphatic heterocycles. The van der Waals surface area contributed by atoms with Gasteiger partial charge >= 0.3 is 0 Å². The lowest BCUT2D eigenvalue weighted by Gasteiger charge is -2.29. The van der Waals surface area contributed by atoms with Gasteiger partial charge in [-0.15, -0.1) is 0 Å². The van der Waals surface area contributed by atoms with Gasteiger partial charge in [0.05, 0.1) is 12.1 Å². The summed E-state index contributed by atoms with van der Waals surface area (Å²) in [7, 11) is -0.0105. The molecule has 0 unspecified atom stereocenters. The van der Waals surface area contributed by atoms with Crippen LogP contribution in [-0.4, -0.2) is 33.8 Å². The van der Waals surface area contributed by atoms with Gasteiger partial charge in [0.25, 0.3) is 0 Å². The van der Waals surface area contributed by atoms with Crippen molar-refractivity contribution in [1.29, 1.82) is 0 Å². The molecule has 0 radical (unpaired) electrons. The van der Waals surface area contributed by atoms with E-state index in [4.69, 9.17) is 14.2 Å². The van der Waals surface area contributed by atoms with Gasteiger partial charge in [0.1, 0.15) is 5.75 Å². The predicted octanol–water partition coefficient (Wildman–Crippen LogP) is 5.04. The van der Waals surface area contributed by atoms with Crippen LogP contribution in [-0.2, 0) is 10.2 Å². The fraction of sp³-hybridized carbons (Fsp3) is 0.632. The van der Waals surface area contributed by atoms with Gasteiger partial charge in [-0.2, -0.15) is 0 Å². The molecule has 0 fully saturated rings. The van der Waals surface area contributed by atoms with E-state index in [1.807, 2.05) is 6.21 Å². The fourth-order valence-corrected chi connectivity index (χ4v) is 3.14. The summed E-state index contributed by atoms with van der Waals surface area (Å²) >= 11 is 0. The van der Waals surface area contributed by atoms with E-state index in [0.717, 1.165) is 11.3 Å². The minimum Gasteiger partial charge on any atom is -0.544 e. The first-order valence-electron chi connectivity index (χ1n) is 8.22. The van der Waals surface area contributed by atoms with Crippen LogP contribution in [0.15, 0.2) is 23.2 Å². The number of para-hydroxylation sites is 1. The van der Waals surface area contributed by atoms with E-state index in [1.165, 1.54) is 5.56 Å². The summed E-state index contributed by atoms with van der Waals surface area (Å²) in [6.45, 7) is 18.0. The number of benzene rings is 1. The molecule has 0 spiro atoms. The van der Waals surface area contributed by atoms with Crippen molar-refractivity contribution < 1.29 is 9.16 Å². The van der Waals surface area contributed by atoms with Gasteiger partial charge in [-0.25, -0.2) is 0 Å². The van der Waals surface area contributed by atoms with Gasteiger partial charge in [0.15, 0.2) is 0 Å². The van der Waals surface area contributed by atoms with Crippen molar-refractivity contribution in [2.45, 2.75) is 65.2 Å². The maximum absolute atomic E-state index is 6.43. The zero-order chi connectivity index (χ0) is 17.9. The van der Waals surface area contributed by atoms with Gasteiger partial charge in [-0.3, -0.25) is 4.99 Å². The molecule has 3 nitrogen and oxygen atoms in total. The van der Waals surface area contributed by atoms with Crippen molar-refractivity contribution in [2.24, 2.45) is 4.99 Å². The van der Waals surface area contributed by atoms with Gasteiger partial charge in [-0.05, 0) is 50.5 Å². The quantitative estimate of drug-likeness (QED) is 0.538. The van der Waals surface area contributed by atoms with Crippen LogP contribution < -0.4 is 4.43 Å². The maximum Gasteiger partial charge on any atom is 0.242 e. The van der Waals surface area contributed by atoms with E-state index in [2.05, 4.69) is 72.5 Å². The second kappa shape index (κ2) is 7.18. The summed E-state index contributed by atoms with van der Waals surface area (Å²) in [4.78, 5) is 4.72. The second-order valence-corrected chi connectivity index (χ2v) is 13.1. The minimum atomic E-state index is -1.72. The Morgan fingerprint density at radius 3 is 2.17 bits per heavy atom. The predicted molar refractivity (Wildman–Crippen MR) is 103 cm³/mol. The van der Waals surface area contributed by atoms with Gasteiger partial charge in [0, 0.05) is 18.9 Å². The zero-order valence-corrected chi connectivity index (χ0v) is 17.3. The van der Waals surface area contributed by atoms with Crippen molar-refractivity contribution in [3.05, 3.63) is 29.3 Å². The molecule has 0 bridgehead atoms. The third-order valence-corrected chi connectivity index (χ3v) is 4.13. The molecule has 23 heavy (non-hydrogen) atoms. The van der Waals surface area contributed by atoms with Crippen LogP contribution >= 0.6 is 0 Å². The molecule has 0 aliphatic carbocycles. The average molecular weight is 336 g/mol. The molecule has 1 aromatic rings. The minimum absolute atomic E-state index is 0.0287. The number of nitrogens with zero attached hydrogens (tertiary/aromatic N) is 1. The first-order valence-corrected chi connectivity index (χ1v) is 11.6. The summed E-state index contributed by atoms with van der Waals surface area (Å²) < 4.78 is 11.7. The van der Waals surface area contributed by atoms with Crippen molar-refractivity contribution in [2.75, 3.05) is 13.7 Å². The van der Waals surface area contributed by atoms with Crippen molar-refractivity contribution >= 4 is 14.5 Å². The van der Waals surface area contributed by atoms with Crippen LogP contribution in [0, 0.1) is 0 Å². The molecule has 0 aliphatic rings. The van der Waals surface area contributed by atoms with Gasteiger partial charge in [-0.1, -0.05) is 32.9 Å². The highest BCUT2D eigenvalue weighted by Crippen LogP contribution is 2.35. The Kier molecular flexibility index (Phi) is 6.22. The lowest BCUT2D eigenvalue weighted by Crippen LogP contribution is -2.31. The van der Waals surface area contributed by atoms with E-state index < -0.39 is 8.32 Å². The average Bonchev–Trinajstić information content (AvgIpc) is 2.34. The van der Waals surface area contributed by atoms with Gasteiger partial charge < -0.3 is 9.16 Å². The lowest BCUT2D eigenvalue weighted by molar-refractivity contribution is 0.151. The van der Waals surface area contributed by atoms with Gasteiger partial charge in [0.2, 0.25) is 8.32 Å². The topological polar surface area (TPSA) is 30.8 Å². The third kappa shape index (κ3) is 6.48. The standard InChI is InChI=1S/C19H33NO2Si/c1-18(2,3)16-12-10-11-15(17(16)22-23(7,8)9)13-20-19(4,5)14-21-6/h10-13H,14H2,1-9H3. The Labute approximate surface area is 143 Å².